The maximum Gasteiger partial charge on any atom is 0.373 e. The zero-order valence-electron chi connectivity index (χ0n) is 21.2. The van der Waals surface area contributed by atoms with Crippen LogP contribution in [0.3, 0.4) is 0 Å². The van der Waals surface area contributed by atoms with Crippen molar-refractivity contribution in [2.75, 3.05) is 19.7 Å². The van der Waals surface area contributed by atoms with E-state index in [-0.39, 0.29) is 17.2 Å². The lowest BCUT2D eigenvalue weighted by Crippen LogP contribution is -2.44. The van der Waals surface area contributed by atoms with Gasteiger partial charge in [-0.3, -0.25) is 9.69 Å². The number of hydrogen-bond donors (Lipinski definition) is 1. The highest BCUT2D eigenvalue weighted by Crippen LogP contribution is 2.37. The molecule has 2 aromatic carbocycles. The van der Waals surface area contributed by atoms with Gasteiger partial charge in [-0.05, 0) is 22.3 Å². The van der Waals surface area contributed by atoms with Gasteiger partial charge in [0.25, 0.3) is 5.97 Å². The minimum atomic E-state index is -0.833. The number of piperidine rings is 1. The third kappa shape index (κ3) is 7.10. The third-order valence-electron chi connectivity index (χ3n) is 6.74. The number of aliphatic carboxylic acids is 1. The molecule has 192 valence electrons. The van der Waals surface area contributed by atoms with E-state index in [1.165, 1.54) is 22.3 Å². The molecule has 0 bridgehead atoms. The number of nitrogens with zero attached hydrogens (tertiary/aromatic N) is 2. The molecule has 1 saturated heterocycles. The van der Waals surface area contributed by atoms with E-state index in [2.05, 4.69) is 66.4 Å². The Bertz CT molecular complexity index is 1090. The molecule has 0 aromatic heterocycles. The molecule has 3 aliphatic heterocycles. The summed E-state index contributed by atoms with van der Waals surface area (Å²) >= 11 is 0. The van der Waals surface area contributed by atoms with Gasteiger partial charge in [0.15, 0.2) is 0 Å². The van der Waals surface area contributed by atoms with Gasteiger partial charge in [0.05, 0.1) is 18.9 Å². The molecular formula is C28H34N2O6. The second-order valence-corrected chi connectivity index (χ2v) is 10.1. The molecule has 2 aromatic rings. The van der Waals surface area contributed by atoms with E-state index in [0.717, 1.165) is 64.7 Å². The van der Waals surface area contributed by atoms with Crippen molar-refractivity contribution in [1.29, 1.82) is 0 Å². The van der Waals surface area contributed by atoms with Crippen LogP contribution < -0.4 is 0 Å². The van der Waals surface area contributed by atoms with Gasteiger partial charge in [0.1, 0.15) is 5.60 Å². The van der Waals surface area contributed by atoms with Crippen LogP contribution in [0, 0.1) is 0 Å². The Balaban J connectivity index is 0.000000463. The summed E-state index contributed by atoms with van der Waals surface area (Å²) in [7, 11) is 0. The second kappa shape index (κ2) is 12.1. The highest BCUT2D eigenvalue weighted by molar-refractivity contribution is 6.01. The summed E-state index contributed by atoms with van der Waals surface area (Å²) in [5.74, 6) is -0.833. The monoisotopic (exact) mass is 494 g/mol. The molecule has 1 spiro atoms. The zero-order valence-corrected chi connectivity index (χ0v) is 21.2. The molecule has 0 aliphatic carbocycles. The number of benzene rings is 2. The number of ether oxygens (including phenoxy) is 1. The Labute approximate surface area is 211 Å². The van der Waals surface area contributed by atoms with Crippen LogP contribution in [-0.2, 0) is 42.5 Å². The second-order valence-electron chi connectivity index (χ2n) is 10.1. The van der Waals surface area contributed by atoms with Crippen LogP contribution >= 0.6 is 0 Å². The SMILES string of the molecule is CC(=O)O.CC1(C)COCc2ccc(CN3CCC4(CC3)CC(c3ccccc3)=NO4)cc21.O=C=O. The predicted molar refractivity (Wildman–Crippen MR) is 133 cm³/mol. The first kappa shape index (κ1) is 27.3. The van der Waals surface area contributed by atoms with Crippen molar-refractivity contribution in [3.05, 3.63) is 70.8 Å². The number of rotatable bonds is 3. The van der Waals surface area contributed by atoms with Gasteiger partial charge in [-0.1, -0.05) is 67.5 Å². The van der Waals surface area contributed by atoms with Crippen molar-refractivity contribution in [3.8, 4) is 0 Å². The van der Waals surface area contributed by atoms with E-state index >= 15 is 0 Å². The van der Waals surface area contributed by atoms with Gasteiger partial charge >= 0.3 is 6.15 Å². The van der Waals surface area contributed by atoms with Gasteiger partial charge in [-0.2, -0.15) is 9.59 Å². The lowest BCUT2D eigenvalue weighted by atomic mass is 9.80. The molecule has 1 N–H and O–H groups in total. The van der Waals surface area contributed by atoms with Crippen LogP contribution in [0.5, 0.6) is 0 Å². The summed E-state index contributed by atoms with van der Waals surface area (Å²) in [5, 5.41) is 11.9. The van der Waals surface area contributed by atoms with E-state index in [4.69, 9.17) is 29.1 Å². The summed E-state index contributed by atoms with van der Waals surface area (Å²) < 4.78 is 5.76. The molecule has 0 radical (unpaired) electrons. The molecule has 8 heteroatoms. The molecule has 0 unspecified atom stereocenters. The van der Waals surface area contributed by atoms with Gasteiger partial charge in [-0.15, -0.1) is 0 Å². The van der Waals surface area contributed by atoms with Gasteiger partial charge in [-0.25, -0.2) is 0 Å². The molecule has 0 atom stereocenters. The number of carbonyl (C=O) groups is 1. The van der Waals surface area contributed by atoms with Crippen LogP contribution in [-0.4, -0.2) is 53.1 Å². The standard InChI is InChI=1S/C25H30N2O2.C2H4O2.CO2/c1-24(2)18-28-17-21-9-8-19(14-22(21)24)16-27-12-10-25(11-13-27)15-23(26-29-25)20-6-4-3-5-7-20;1-2(3)4;2-1-3/h3-9,14H,10-13,15-18H2,1-2H3;1H3,(H,3,4);. The molecule has 36 heavy (non-hydrogen) atoms. The Kier molecular flexibility index (Phi) is 9.15. The van der Waals surface area contributed by atoms with E-state index in [1.807, 2.05) is 6.07 Å². The number of carboxylic acid groups (broad SMARTS) is 1. The van der Waals surface area contributed by atoms with Crippen LogP contribution in [0.1, 0.15) is 62.3 Å². The van der Waals surface area contributed by atoms with Crippen molar-refractivity contribution in [1.82, 2.24) is 4.90 Å². The quantitative estimate of drug-likeness (QED) is 0.683. The number of fused-ring (bicyclic) bond motifs is 1. The fourth-order valence-electron chi connectivity index (χ4n) is 4.92. The summed E-state index contributed by atoms with van der Waals surface area (Å²) in [6.45, 7) is 10.3. The Morgan fingerprint density at radius 2 is 1.75 bits per heavy atom. The minimum Gasteiger partial charge on any atom is -0.481 e. The number of oxime groups is 1. The fraction of sp³-hybridized carbons (Fsp3) is 0.464. The van der Waals surface area contributed by atoms with E-state index in [1.54, 1.807) is 0 Å². The molecule has 3 aliphatic rings. The molecular weight excluding hydrogens is 460 g/mol. The first-order valence-corrected chi connectivity index (χ1v) is 12.1. The fourth-order valence-corrected chi connectivity index (χ4v) is 4.92. The smallest absolute Gasteiger partial charge is 0.373 e. The lowest BCUT2D eigenvalue weighted by Gasteiger charge is -2.37. The maximum atomic E-state index is 9.00. The van der Waals surface area contributed by atoms with E-state index in [9.17, 15) is 0 Å². The largest absolute Gasteiger partial charge is 0.481 e. The van der Waals surface area contributed by atoms with Crippen LogP contribution in [0.25, 0.3) is 0 Å². The van der Waals surface area contributed by atoms with Crippen molar-refractivity contribution < 1.29 is 29.1 Å². The first-order chi connectivity index (χ1) is 17.2. The van der Waals surface area contributed by atoms with Gasteiger partial charge in [0, 0.05) is 51.2 Å². The number of hydrogen-bond acceptors (Lipinski definition) is 7. The number of carbonyl (C=O) groups excluding carboxylic acids is 2. The summed E-state index contributed by atoms with van der Waals surface area (Å²) in [4.78, 5) is 33.8. The number of carboxylic acids is 1. The summed E-state index contributed by atoms with van der Waals surface area (Å²) in [5.41, 5.74) is 6.48. The Hall–Kier alpha value is -3.32. The topological polar surface area (TPSA) is 106 Å². The molecule has 5 rings (SSSR count). The maximum absolute atomic E-state index is 9.00. The normalized spacial score (nSPS) is 19.2. The average molecular weight is 495 g/mol. The highest BCUT2D eigenvalue weighted by Gasteiger charge is 2.42. The first-order valence-electron chi connectivity index (χ1n) is 12.1. The van der Waals surface area contributed by atoms with Gasteiger partial charge in [0.2, 0.25) is 0 Å². The van der Waals surface area contributed by atoms with Crippen molar-refractivity contribution in [3.63, 3.8) is 0 Å². The Morgan fingerprint density at radius 3 is 2.39 bits per heavy atom. The van der Waals surface area contributed by atoms with Gasteiger partial charge < -0.3 is 14.7 Å². The Morgan fingerprint density at radius 1 is 1.11 bits per heavy atom. The highest BCUT2D eigenvalue weighted by atomic mass is 16.7. The van der Waals surface area contributed by atoms with Crippen LogP contribution in [0.4, 0.5) is 0 Å². The summed E-state index contributed by atoms with van der Waals surface area (Å²) in [6.07, 6.45) is 3.26. The molecule has 8 nitrogen and oxygen atoms in total. The number of likely N-dealkylation sites (tertiary alicyclic amines) is 1. The van der Waals surface area contributed by atoms with Crippen LogP contribution in [0.2, 0.25) is 0 Å². The van der Waals surface area contributed by atoms with E-state index in [0.29, 0.717) is 0 Å². The molecule has 0 amide bonds. The zero-order chi connectivity index (χ0) is 26.2. The van der Waals surface area contributed by atoms with E-state index < -0.39 is 5.97 Å². The average Bonchev–Trinajstić information content (AvgIpc) is 3.25. The molecule has 0 saturated carbocycles. The minimum absolute atomic E-state index is 0.0957. The lowest BCUT2D eigenvalue weighted by molar-refractivity contribution is -0.191. The van der Waals surface area contributed by atoms with Crippen molar-refractivity contribution in [2.45, 2.75) is 64.2 Å². The summed E-state index contributed by atoms with van der Waals surface area (Å²) in [6, 6.07) is 17.4. The molecule has 3 heterocycles. The molecule has 1 fully saturated rings. The predicted octanol–water partition coefficient (Wildman–Crippen LogP) is 4.16. The van der Waals surface area contributed by atoms with Crippen LogP contribution in [0.15, 0.2) is 53.7 Å². The van der Waals surface area contributed by atoms with Crippen molar-refractivity contribution in [2.24, 2.45) is 5.16 Å². The third-order valence-corrected chi connectivity index (χ3v) is 6.74. The van der Waals surface area contributed by atoms with Crippen molar-refractivity contribution >= 4 is 17.8 Å².